The highest BCUT2D eigenvalue weighted by molar-refractivity contribution is 5.93. The third kappa shape index (κ3) is 4.79. The Balaban J connectivity index is 1.27. The number of tetrazole rings is 1. The van der Waals surface area contributed by atoms with Crippen LogP contribution >= 0.6 is 0 Å². The molecule has 37 heavy (non-hydrogen) atoms. The van der Waals surface area contributed by atoms with Crippen molar-refractivity contribution in [2.24, 2.45) is 0 Å². The van der Waals surface area contributed by atoms with Crippen molar-refractivity contribution in [3.05, 3.63) is 77.2 Å². The van der Waals surface area contributed by atoms with Gasteiger partial charge in [0.2, 0.25) is 11.9 Å². The zero-order valence-electron chi connectivity index (χ0n) is 20.6. The van der Waals surface area contributed by atoms with Gasteiger partial charge < -0.3 is 10.2 Å². The summed E-state index contributed by atoms with van der Waals surface area (Å²) in [6, 6.07) is 17.9. The number of rotatable bonds is 6. The number of carbonyl (C=O) groups is 1. The highest BCUT2D eigenvalue weighted by Gasteiger charge is 2.25. The molecule has 0 atom stereocenters. The van der Waals surface area contributed by atoms with Gasteiger partial charge in [0.15, 0.2) is 0 Å². The lowest BCUT2D eigenvalue weighted by Crippen LogP contribution is -2.49. The van der Waals surface area contributed by atoms with Gasteiger partial charge in [0.25, 0.3) is 0 Å². The number of aromatic nitrogens is 5. The van der Waals surface area contributed by atoms with Crippen LogP contribution in [0.25, 0.3) is 11.4 Å². The lowest BCUT2D eigenvalue weighted by molar-refractivity contribution is -0.117. The zero-order chi connectivity index (χ0) is 25.9. The van der Waals surface area contributed by atoms with Gasteiger partial charge in [-0.2, -0.15) is 9.94 Å². The molecule has 0 saturated carbocycles. The third-order valence-corrected chi connectivity index (χ3v) is 6.64. The Labute approximate surface area is 213 Å². The summed E-state index contributed by atoms with van der Waals surface area (Å²) in [6.45, 7) is 6.51. The van der Waals surface area contributed by atoms with Gasteiger partial charge >= 0.3 is 0 Å². The summed E-state index contributed by atoms with van der Waals surface area (Å²) >= 11 is 0. The van der Waals surface area contributed by atoms with Crippen LogP contribution in [0.2, 0.25) is 0 Å². The summed E-state index contributed by atoms with van der Waals surface area (Å²) in [7, 11) is 0. The first-order valence-electron chi connectivity index (χ1n) is 11.9. The monoisotopic (exact) mass is 499 g/mol. The first-order valence-corrected chi connectivity index (χ1v) is 11.9. The number of anilines is 2. The number of para-hydroxylation sites is 1. The number of hydrogen-bond donors (Lipinski definition) is 1. The van der Waals surface area contributed by atoms with Crippen LogP contribution in [0.3, 0.4) is 0 Å². The minimum Gasteiger partial charge on any atom is -0.337 e. The number of piperazine rings is 1. The summed E-state index contributed by atoms with van der Waals surface area (Å²) in [5.41, 5.74) is 3.53. The molecule has 1 amide bonds. The molecule has 2 aromatic heterocycles. The molecule has 0 radical (unpaired) electrons. The molecule has 0 aliphatic carbocycles. The average Bonchev–Trinajstić information content (AvgIpc) is 3.49. The van der Waals surface area contributed by atoms with Crippen molar-refractivity contribution in [2.45, 2.75) is 13.8 Å². The Morgan fingerprint density at radius 1 is 1.03 bits per heavy atom. The molecule has 11 heteroatoms. The summed E-state index contributed by atoms with van der Waals surface area (Å²) in [5, 5.41) is 24.9. The first kappa shape index (κ1) is 24.1. The number of halogens is 1. The molecule has 1 saturated heterocycles. The van der Waals surface area contributed by atoms with Gasteiger partial charge in [-0.1, -0.05) is 23.3 Å². The molecule has 1 aliphatic heterocycles. The van der Waals surface area contributed by atoms with Crippen LogP contribution in [0, 0.1) is 31.0 Å². The van der Waals surface area contributed by atoms with Crippen LogP contribution in [-0.2, 0) is 4.79 Å². The molecule has 2 aromatic carbocycles. The molecule has 10 nitrogen and oxygen atoms in total. The standard InChI is InChI=1S/C26H26FN9O/c1-18-19(2)35(21-10-8-20(27)9-11-21)25(23(18)16-28)29-24(37)17-33-12-14-34(15-13-33)26-30-31-32-36(26)22-6-4-3-5-7-22/h3-11H,12-15,17H2,1-2H3,(H,29,37). The van der Waals surface area contributed by atoms with Crippen LogP contribution in [0.5, 0.6) is 0 Å². The van der Waals surface area contributed by atoms with E-state index < -0.39 is 0 Å². The summed E-state index contributed by atoms with van der Waals surface area (Å²) in [5.74, 6) is 0.486. The van der Waals surface area contributed by atoms with Gasteiger partial charge in [0, 0.05) is 37.6 Å². The van der Waals surface area contributed by atoms with Gasteiger partial charge in [0.1, 0.15) is 17.7 Å². The van der Waals surface area contributed by atoms with Crippen molar-refractivity contribution in [3.63, 3.8) is 0 Å². The predicted octanol–water partition coefficient (Wildman–Crippen LogP) is 2.84. The SMILES string of the molecule is Cc1c(C#N)c(NC(=O)CN2CCN(c3nnnn3-c3ccccc3)CC2)n(-c2ccc(F)cc2)c1C. The minimum atomic E-state index is -0.353. The van der Waals surface area contributed by atoms with Crippen LogP contribution < -0.4 is 10.2 Å². The second kappa shape index (κ2) is 10.2. The Bertz CT molecular complexity index is 1450. The van der Waals surface area contributed by atoms with E-state index >= 15 is 0 Å². The normalized spacial score (nSPS) is 13.9. The van der Waals surface area contributed by atoms with E-state index in [1.54, 1.807) is 21.4 Å². The highest BCUT2D eigenvalue weighted by atomic mass is 19.1. The van der Waals surface area contributed by atoms with E-state index in [4.69, 9.17) is 0 Å². The maximum absolute atomic E-state index is 13.5. The number of benzene rings is 2. The Morgan fingerprint density at radius 2 is 1.73 bits per heavy atom. The second-order valence-electron chi connectivity index (χ2n) is 8.90. The maximum atomic E-state index is 13.5. The molecular formula is C26H26FN9O. The van der Waals surface area contributed by atoms with Crippen LogP contribution in [0.4, 0.5) is 16.2 Å². The molecule has 1 aliphatic rings. The summed E-state index contributed by atoms with van der Waals surface area (Å²) in [4.78, 5) is 17.2. The fraction of sp³-hybridized carbons (Fsp3) is 0.269. The van der Waals surface area contributed by atoms with E-state index in [1.807, 2.05) is 44.2 Å². The number of carbonyl (C=O) groups excluding carboxylic acids is 1. The van der Waals surface area contributed by atoms with Crippen molar-refractivity contribution in [1.29, 1.82) is 5.26 Å². The van der Waals surface area contributed by atoms with E-state index in [9.17, 15) is 14.4 Å². The third-order valence-electron chi connectivity index (χ3n) is 6.64. The number of nitriles is 1. The predicted molar refractivity (Wildman–Crippen MR) is 136 cm³/mol. The van der Waals surface area contributed by atoms with Crippen molar-refractivity contribution in [2.75, 3.05) is 42.9 Å². The van der Waals surface area contributed by atoms with Crippen LogP contribution in [-0.4, -0.2) is 68.3 Å². The quantitative estimate of drug-likeness (QED) is 0.435. The molecule has 0 unspecified atom stereocenters. The van der Waals surface area contributed by atoms with Gasteiger partial charge in [-0.25, -0.2) is 4.39 Å². The van der Waals surface area contributed by atoms with E-state index in [0.29, 0.717) is 49.2 Å². The van der Waals surface area contributed by atoms with Crippen LogP contribution in [0.1, 0.15) is 16.8 Å². The lowest BCUT2D eigenvalue weighted by Gasteiger charge is -2.34. The minimum absolute atomic E-state index is 0.176. The number of nitrogens with one attached hydrogen (secondary N) is 1. The lowest BCUT2D eigenvalue weighted by atomic mass is 10.2. The summed E-state index contributed by atoms with van der Waals surface area (Å²) < 4.78 is 17.0. The number of hydrogen-bond acceptors (Lipinski definition) is 7. The fourth-order valence-electron chi connectivity index (χ4n) is 4.57. The molecule has 5 rings (SSSR count). The number of nitrogens with zero attached hydrogens (tertiary/aromatic N) is 8. The van der Waals surface area contributed by atoms with Crippen molar-refractivity contribution in [1.82, 2.24) is 29.7 Å². The highest BCUT2D eigenvalue weighted by Crippen LogP contribution is 2.30. The largest absolute Gasteiger partial charge is 0.337 e. The van der Waals surface area contributed by atoms with E-state index in [-0.39, 0.29) is 18.3 Å². The second-order valence-corrected chi connectivity index (χ2v) is 8.90. The molecule has 0 bridgehead atoms. The Morgan fingerprint density at radius 3 is 2.41 bits per heavy atom. The van der Waals surface area contributed by atoms with Gasteiger partial charge in [-0.15, -0.1) is 0 Å². The van der Waals surface area contributed by atoms with Crippen molar-refractivity contribution < 1.29 is 9.18 Å². The van der Waals surface area contributed by atoms with Crippen LogP contribution in [0.15, 0.2) is 54.6 Å². The average molecular weight is 500 g/mol. The van der Waals surface area contributed by atoms with Crippen molar-refractivity contribution >= 4 is 17.7 Å². The van der Waals surface area contributed by atoms with Crippen molar-refractivity contribution in [3.8, 4) is 17.4 Å². The van der Waals surface area contributed by atoms with E-state index in [0.717, 1.165) is 16.9 Å². The molecule has 1 N–H and O–H groups in total. The molecule has 1 fully saturated rings. The fourth-order valence-corrected chi connectivity index (χ4v) is 4.57. The molecule has 0 spiro atoms. The zero-order valence-corrected chi connectivity index (χ0v) is 20.6. The first-order chi connectivity index (χ1) is 18.0. The summed E-state index contributed by atoms with van der Waals surface area (Å²) in [6.07, 6.45) is 0. The van der Waals surface area contributed by atoms with E-state index in [1.165, 1.54) is 12.1 Å². The maximum Gasteiger partial charge on any atom is 0.250 e. The smallest absolute Gasteiger partial charge is 0.250 e. The molecular weight excluding hydrogens is 473 g/mol. The van der Waals surface area contributed by atoms with E-state index in [2.05, 4.69) is 36.7 Å². The molecule has 4 aromatic rings. The van der Waals surface area contributed by atoms with Gasteiger partial charge in [-0.3, -0.25) is 14.3 Å². The van der Waals surface area contributed by atoms with Gasteiger partial charge in [-0.05, 0) is 66.2 Å². The number of amides is 1. The molecule has 188 valence electrons. The Hall–Kier alpha value is -4.56. The topological polar surface area (TPSA) is 108 Å². The Kier molecular flexibility index (Phi) is 6.66. The van der Waals surface area contributed by atoms with Gasteiger partial charge in [0.05, 0.1) is 17.8 Å². The molecule has 3 heterocycles.